The lowest BCUT2D eigenvalue weighted by molar-refractivity contribution is -0.118. The van der Waals surface area contributed by atoms with E-state index < -0.39 is 0 Å². The molecule has 0 aliphatic heterocycles. The van der Waals surface area contributed by atoms with Crippen molar-refractivity contribution in [1.29, 1.82) is 0 Å². The van der Waals surface area contributed by atoms with Crippen LogP contribution in [0.1, 0.15) is 24.0 Å². The average molecular weight is 177 g/mol. The summed E-state index contributed by atoms with van der Waals surface area (Å²) in [5.74, 6) is -0.215. The largest absolute Gasteiger partial charge is 0.370 e. The van der Waals surface area contributed by atoms with Crippen molar-refractivity contribution in [3.8, 4) is 0 Å². The number of aryl methyl sites for hydroxylation is 2. The van der Waals surface area contributed by atoms with Crippen LogP contribution in [-0.4, -0.2) is 5.91 Å². The van der Waals surface area contributed by atoms with Gasteiger partial charge < -0.3 is 5.73 Å². The summed E-state index contributed by atoms with van der Waals surface area (Å²) in [4.78, 5) is 10.5. The second-order valence-corrected chi connectivity index (χ2v) is 3.31. The third kappa shape index (κ3) is 3.74. The van der Waals surface area contributed by atoms with Gasteiger partial charge in [0.25, 0.3) is 0 Å². The molecule has 1 rings (SSSR count). The highest BCUT2D eigenvalue weighted by Gasteiger charge is 1.96. The molecule has 0 heterocycles. The van der Waals surface area contributed by atoms with Gasteiger partial charge in [-0.2, -0.15) is 0 Å². The summed E-state index contributed by atoms with van der Waals surface area (Å²) in [7, 11) is 0. The normalized spacial score (nSPS) is 9.92. The van der Waals surface area contributed by atoms with E-state index in [0.29, 0.717) is 6.42 Å². The van der Waals surface area contributed by atoms with Crippen LogP contribution < -0.4 is 5.73 Å². The molecule has 2 nitrogen and oxygen atoms in total. The Bertz CT molecular complexity index is 294. The summed E-state index contributed by atoms with van der Waals surface area (Å²) >= 11 is 0. The van der Waals surface area contributed by atoms with Crippen molar-refractivity contribution >= 4 is 5.91 Å². The van der Waals surface area contributed by atoms with Crippen LogP contribution >= 0.6 is 0 Å². The molecule has 1 aromatic rings. The predicted molar refractivity (Wildman–Crippen MR) is 53.3 cm³/mol. The van der Waals surface area contributed by atoms with Gasteiger partial charge in [0.2, 0.25) is 5.91 Å². The molecule has 0 aliphatic rings. The molecule has 0 spiro atoms. The highest BCUT2D eigenvalue weighted by molar-refractivity contribution is 5.73. The Balaban J connectivity index is 2.41. The summed E-state index contributed by atoms with van der Waals surface area (Å²) in [6.07, 6.45) is 2.26. The van der Waals surface area contributed by atoms with Crippen molar-refractivity contribution < 1.29 is 4.79 Å². The monoisotopic (exact) mass is 177 g/mol. The molecular formula is C11H15NO. The number of primary amides is 1. The van der Waals surface area contributed by atoms with E-state index in [4.69, 9.17) is 5.73 Å². The molecule has 0 radical (unpaired) electrons. The maximum absolute atomic E-state index is 10.5. The number of amides is 1. The first-order valence-electron chi connectivity index (χ1n) is 4.52. The van der Waals surface area contributed by atoms with Crippen molar-refractivity contribution in [3.05, 3.63) is 35.4 Å². The van der Waals surface area contributed by atoms with E-state index in [1.165, 1.54) is 11.1 Å². The maximum atomic E-state index is 10.5. The lowest BCUT2D eigenvalue weighted by atomic mass is 10.1. The standard InChI is InChI=1S/C11H15NO/c1-9-4-2-5-10(8-9)6-3-7-11(12)13/h2,4-5,8H,3,6-7H2,1H3,(H2,12,13). The Hall–Kier alpha value is -1.31. The lowest BCUT2D eigenvalue weighted by Gasteiger charge is -2.00. The smallest absolute Gasteiger partial charge is 0.217 e. The minimum Gasteiger partial charge on any atom is -0.370 e. The maximum Gasteiger partial charge on any atom is 0.217 e. The fraction of sp³-hybridized carbons (Fsp3) is 0.364. The van der Waals surface area contributed by atoms with Gasteiger partial charge in [-0.05, 0) is 25.3 Å². The van der Waals surface area contributed by atoms with Crippen LogP contribution in [0.3, 0.4) is 0 Å². The van der Waals surface area contributed by atoms with Crippen molar-refractivity contribution in [2.45, 2.75) is 26.2 Å². The topological polar surface area (TPSA) is 43.1 Å². The molecule has 0 saturated carbocycles. The fourth-order valence-corrected chi connectivity index (χ4v) is 1.33. The molecule has 70 valence electrons. The molecule has 0 unspecified atom stereocenters. The van der Waals surface area contributed by atoms with Crippen LogP contribution in [0.15, 0.2) is 24.3 Å². The second kappa shape index (κ2) is 4.65. The van der Waals surface area contributed by atoms with Crippen LogP contribution in [0, 0.1) is 6.92 Å². The summed E-state index contributed by atoms with van der Waals surface area (Å²) in [6.45, 7) is 2.07. The molecule has 1 amide bonds. The van der Waals surface area contributed by atoms with Crippen LogP contribution in [-0.2, 0) is 11.2 Å². The zero-order valence-electron chi connectivity index (χ0n) is 7.92. The van der Waals surface area contributed by atoms with Crippen molar-refractivity contribution in [1.82, 2.24) is 0 Å². The highest BCUT2D eigenvalue weighted by atomic mass is 16.1. The fourth-order valence-electron chi connectivity index (χ4n) is 1.33. The first-order chi connectivity index (χ1) is 6.18. The quantitative estimate of drug-likeness (QED) is 0.748. The van der Waals surface area contributed by atoms with Gasteiger partial charge >= 0.3 is 0 Å². The molecule has 13 heavy (non-hydrogen) atoms. The van der Waals surface area contributed by atoms with Gasteiger partial charge in [0.1, 0.15) is 0 Å². The summed E-state index contributed by atoms with van der Waals surface area (Å²) in [5.41, 5.74) is 7.59. The molecule has 0 atom stereocenters. The van der Waals surface area contributed by atoms with E-state index in [2.05, 4.69) is 25.1 Å². The third-order valence-corrected chi connectivity index (χ3v) is 1.97. The minimum absolute atomic E-state index is 0.215. The summed E-state index contributed by atoms with van der Waals surface area (Å²) < 4.78 is 0. The molecule has 0 aliphatic carbocycles. The molecule has 0 aromatic heterocycles. The lowest BCUT2D eigenvalue weighted by Crippen LogP contribution is -2.10. The Labute approximate surface area is 78.8 Å². The second-order valence-electron chi connectivity index (χ2n) is 3.31. The number of benzene rings is 1. The van der Waals surface area contributed by atoms with E-state index >= 15 is 0 Å². The molecule has 2 N–H and O–H groups in total. The van der Waals surface area contributed by atoms with Crippen LogP contribution in [0.25, 0.3) is 0 Å². The molecule has 0 fully saturated rings. The highest BCUT2D eigenvalue weighted by Crippen LogP contribution is 2.07. The zero-order valence-corrected chi connectivity index (χ0v) is 7.92. The molecule has 2 heteroatoms. The van der Waals surface area contributed by atoms with Crippen molar-refractivity contribution in [2.24, 2.45) is 5.73 Å². The van der Waals surface area contributed by atoms with Crippen LogP contribution in [0.4, 0.5) is 0 Å². The van der Waals surface area contributed by atoms with Gasteiger partial charge in [-0.1, -0.05) is 29.8 Å². The Kier molecular flexibility index (Phi) is 3.50. The van der Waals surface area contributed by atoms with Gasteiger partial charge in [-0.25, -0.2) is 0 Å². The van der Waals surface area contributed by atoms with Crippen LogP contribution in [0.5, 0.6) is 0 Å². The number of hydrogen-bond donors (Lipinski definition) is 1. The van der Waals surface area contributed by atoms with E-state index in [1.807, 2.05) is 6.07 Å². The first-order valence-corrected chi connectivity index (χ1v) is 4.52. The minimum atomic E-state index is -0.215. The van der Waals surface area contributed by atoms with Crippen molar-refractivity contribution in [2.75, 3.05) is 0 Å². The predicted octanol–water partition coefficient (Wildman–Crippen LogP) is 1.80. The van der Waals surface area contributed by atoms with Crippen molar-refractivity contribution in [3.63, 3.8) is 0 Å². The van der Waals surface area contributed by atoms with E-state index in [-0.39, 0.29) is 5.91 Å². The first kappa shape index (κ1) is 9.78. The molecular weight excluding hydrogens is 162 g/mol. The molecule has 0 bridgehead atoms. The van der Waals surface area contributed by atoms with E-state index in [0.717, 1.165) is 12.8 Å². The number of carbonyl (C=O) groups is 1. The van der Waals surface area contributed by atoms with E-state index in [9.17, 15) is 4.79 Å². The van der Waals surface area contributed by atoms with Crippen LogP contribution in [0.2, 0.25) is 0 Å². The summed E-state index contributed by atoms with van der Waals surface area (Å²) in [5, 5.41) is 0. The number of rotatable bonds is 4. The molecule has 1 aromatic carbocycles. The van der Waals surface area contributed by atoms with Gasteiger partial charge in [-0.15, -0.1) is 0 Å². The van der Waals surface area contributed by atoms with Gasteiger partial charge in [-0.3, -0.25) is 4.79 Å². The number of hydrogen-bond acceptors (Lipinski definition) is 1. The molecule has 0 saturated heterocycles. The Morgan fingerprint density at radius 2 is 2.23 bits per heavy atom. The number of nitrogens with two attached hydrogens (primary N) is 1. The summed E-state index contributed by atoms with van der Waals surface area (Å²) in [6, 6.07) is 8.32. The van der Waals surface area contributed by atoms with Gasteiger partial charge in [0, 0.05) is 6.42 Å². The Morgan fingerprint density at radius 3 is 2.85 bits per heavy atom. The SMILES string of the molecule is Cc1cccc(CCCC(N)=O)c1. The number of carbonyl (C=O) groups excluding carboxylic acids is 1. The van der Waals surface area contributed by atoms with Gasteiger partial charge in [0.05, 0.1) is 0 Å². The van der Waals surface area contributed by atoms with Gasteiger partial charge in [0.15, 0.2) is 0 Å². The average Bonchev–Trinajstić information content (AvgIpc) is 2.03. The Morgan fingerprint density at radius 1 is 1.46 bits per heavy atom. The van der Waals surface area contributed by atoms with E-state index in [1.54, 1.807) is 0 Å². The zero-order chi connectivity index (χ0) is 9.68. The third-order valence-electron chi connectivity index (χ3n) is 1.97.